The number of aryl methyl sites for hydroxylation is 1. The fourth-order valence-electron chi connectivity index (χ4n) is 1.50. The molecule has 1 rings (SSSR count). The molecule has 1 aromatic carbocycles. The minimum absolute atomic E-state index is 0.188. The molecule has 0 aliphatic heterocycles. The standard InChI is InChI=1S/C13H20FNO/c1-10(2)15-9-12(16)8-7-11-5-3-4-6-13(11)14/h3-6,10,12,15-16H,7-9H2,1-2H3. The number of halogens is 1. The Balaban J connectivity index is 2.31. The molecule has 2 N–H and O–H groups in total. The molecule has 0 saturated heterocycles. The average Bonchev–Trinajstić information content (AvgIpc) is 2.25. The first kappa shape index (κ1) is 13.1. The zero-order valence-corrected chi connectivity index (χ0v) is 9.91. The maximum atomic E-state index is 13.3. The highest BCUT2D eigenvalue weighted by molar-refractivity contribution is 5.17. The van der Waals surface area contributed by atoms with Gasteiger partial charge in [-0.15, -0.1) is 0 Å². The molecule has 0 heterocycles. The van der Waals surface area contributed by atoms with Crippen LogP contribution in [0, 0.1) is 5.82 Å². The lowest BCUT2D eigenvalue weighted by Gasteiger charge is -2.14. The zero-order chi connectivity index (χ0) is 12.0. The van der Waals surface area contributed by atoms with E-state index in [4.69, 9.17) is 0 Å². The Labute approximate surface area is 96.5 Å². The average molecular weight is 225 g/mol. The van der Waals surface area contributed by atoms with Crippen molar-refractivity contribution in [3.63, 3.8) is 0 Å². The van der Waals surface area contributed by atoms with Crippen molar-refractivity contribution in [3.8, 4) is 0 Å². The van der Waals surface area contributed by atoms with E-state index in [1.165, 1.54) is 6.07 Å². The van der Waals surface area contributed by atoms with Crippen molar-refractivity contribution < 1.29 is 9.50 Å². The maximum Gasteiger partial charge on any atom is 0.126 e. The highest BCUT2D eigenvalue weighted by atomic mass is 19.1. The summed E-state index contributed by atoms with van der Waals surface area (Å²) in [5, 5.41) is 12.8. The highest BCUT2D eigenvalue weighted by Crippen LogP contribution is 2.10. The third-order valence-electron chi connectivity index (χ3n) is 2.47. The first-order chi connectivity index (χ1) is 7.59. The third-order valence-corrected chi connectivity index (χ3v) is 2.47. The summed E-state index contributed by atoms with van der Waals surface area (Å²) in [6.45, 7) is 4.62. The van der Waals surface area contributed by atoms with Crippen LogP contribution in [-0.2, 0) is 6.42 Å². The van der Waals surface area contributed by atoms with Gasteiger partial charge in [-0.05, 0) is 24.5 Å². The van der Waals surface area contributed by atoms with Crippen LogP contribution in [0.2, 0.25) is 0 Å². The number of hydrogen-bond donors (Lipinski definition) is 2. The van der Waals surface area contributed by atoms with Crippen molar-refractivity contribution in [2.75, 3.05) is 6.54 Å². The molecule has 0 bridgehead atoms. The summed E-state index contributed by atoms with van der Waals surface area (Å²) < 4.78 is 13.3. The molecule has 0 fully saturated rings. The molecule has 1 aromatic rings. The van der Waals surface area contributed by atoms with Gasteiger partial charge in [-0.1, -0.05) is 32.0 Å². The van der Waals surface area contributed by atoms with E-state index < -0.39 is 6.10 Å². The predicted octanol–water partition coefficient (Wildman–Crippen LogP) is 2.12. The number of rotatable bonds is 6. The van der Waals surface area contributed by atoms with E-state index >= 15 is 0 Å². The van der Waals surface area contributed by atoms with Gasteiger partial charge in [-0.2, -0.15) is 0 Å². The summed E-state index contributed by atoms with van der Waals surface area (Å²) >= 11 is 0. The van der Waals surface area contributed by atoms with Crippen LogP contribution in [0.5, 0.6) is 0 Å². The lowest BCUT2D eigenvalue weighted by atomic mass is 10.1. The van der Waals surface area contributed by atoms with E-state index in [-0.39, 0.29) is 5.82 Å². The lowest BCUT2D eigenvalue weighted by Crippen LogP contribution is -2.32. The summed E-state index contributed by atoms with van der Waals surface area (Å²) in [6.07, 6.45) is 0.746. The third kappa shape index (κ3) is 4.73. The van der Waals surface area contributed by atoms with Gasteiger partial charge < -0.3 is 10.4 Å². The first-order valence-corrected chi connectivity index (χ1v) is 5.74. The molecule has 90 valence electrons. The molecule has 0 saturated carbocycles. The quantitative estimate of drug-likeness (QED) is 0.777. The van der Waals surface area contributed by atoms with Crippen molar-refractivity contribution in [2.45, 2.75) is 38.8 Å². The molecule has 0 aliphatic carbocycles. The van der Waals surface area contributed by atoms with Crippen LogP contribution in [-0.4, -0.2) is 23.8 Å². The van der Waals surface area contributed by atoms with E-state index in [1.807, 2.05) is 19.9 Å². The fraction of sp³-hybridized carbons (Fsp3) is 0.538. The van der Waals surface area contributed by atoms with Crippen LogP contribution in [0.3, 0.4) is 0 Å². The van der Waals surface area contributed by atoms with E-state index in [1.54, 1.807) is 12.1 Å². The summed E-state index contributed by atoms with van der Waals surface area (Å²) in [7, 11) is 0. The number of aliphatic hydroxyl groups excluding tert-OH is 1. The number of hydrogen-bond acceptors (Lipinski definition) is 2. The van der Waals surface area contributed by atoms with Crippen molar-refractivity contribution >= 4 is 0 Å². The second kappa shape index (κ2) is 6.61. The molecule has 0 spiro atoms. The van der Waals surface area contributed by atoms with Gasteiger partial charge in [0.15, 0.2) is 0 Å². The van der Waals surface area contributed by atoms with Gasteiger partial charge in [-0.25, -0.2) is 4.39 Å². The molecule has 2 nitrogen and oxygen atoms in total. The Morgan fingerprint density at radius 1 is 1.31 bits per heavy atom. The Bertz CT molecular complexity index is 315. The Morgan fingerprint density at radius 2 is 2.00 bits per heavy atom. The van der Waals surface area contributed by atoms with Crippen molar-refractivity contribution in [1.29, 1.82) is 0 Å². The second-order valence-electron chi connectivity index (χ2n) is 4.35. The van der Waals surface area contributed by atoms with Gasteiger partial charge in [0, 0.05) is 12.6 Å². The van der Waals surface area contributed by atoms with Gasteiger partial charge in [0.2, 0.25) is 0 Å². The van der Waals surface area contributed by atoms with Crippen LogP contribution in [0.15, 0.2) is 24.3 Å². The Kier molecular flexibility index (Phi) is 5.43. The van der Waals surface area contributed by atoms with Gasteiger partial charge in [0.25, 0.3) is 0 Å². The molecule has 1 atom stereocenters. The molecule has 3 heteroatoms. The zero-order valence-electron chi connectivity index (χ0n) is 9.91. The van der Waals surface area contributed by atoms with Crippen LogP contribution >= 0.6 is 0 Å². The Hall–Kier alpha value is -0.930. The first-order valence-electron chi connectivity index (χ1n) is 5.74. The highest BCUT2D eigenvalue weighted by Gasteiger charge is 2.07. The smallest absolute Gasteiger partial charge is 0.126 e. The molecular weight excluding hydrogens is 205 g/mol. The Morgan fingerprint density at radius 3 is 2.62 bits per heavy atom. The summed E-state index contributed by atoms with van der Waals surface area (Å²) in [5.74, 6) is -0.188. The summed E-state index contributed by atoms with van der Waals surface area (Å²) in [6, 6.07) is 7.07. The van der Waals surface area contributed by atoms with Gasteiger partial charge in [-0.3, -0.25) is 0 Å². The largest absolute Gasteiger partial charge is 0.392 e. The monoisotopic (exact) mass is 225 g/mol. The van der Waals surface area contributed by atoms with E-state index in [0.717, 1.165) is 0 Å². The van der Waals surface area contributed by atoms with E-state index in [9.17, 15) is 9.50 Å². The molecule has 0 aromatic heterocycles. The van der Waals surface area contributed by atoms with Crippen molar-refractivity contribution in [2.24, 2.45) is 0 Å². The van der Waals surface area contributed by atoms with Crippen molar-refractivity contribution in [3.05, 3.63) is 35.6 Å². The minimum atomic E-state index is -0.415. The molecular formula is C13H20FNO. The topological polar surface area (TPSA) is 32.3 Å². The molecule has 1 unspecified atom stereocenters. The van der Waals surface area contributed by atoms with E-state index in [2.05, 4.69) is 5.32 Å². The number of nitrogens with one attached hydrogen (secondary N) is 1. The number of aliphatic hydroxyl groups is 1. The van der Waals surface area contributed by atoms with E-state index in [0.29, 0.717) is 31.0 Å². The predicted molar refractivity (Wildman–Crippen MR) is 63.9 cm³/mol. The molecule has 0 radical (unpaired) electrons. The minimum Gasteiger partial charge on any atom is -0.392 e. The van der Waals surface area contributed by atoms with Crippen LogP contribution in [0.1, 0.15) is 25.8 Å². The van der Waals surface area contributed by atoms with Gasteiger partial charge in [0.1, 0.15) is 5.82 Å². The second-order valence-corrected chi connectivity index (χ2v) is 4.35. The SMILES string of the molecule is CC(C)NCC(O)CCc1ccccc1F. The van der Waals surface area contributed by atoms with Gasteiger partial charge in [0.05, 0.1) is 6.10 Å². The maximum absolute atomic E-state index is 13.3. The fourth-order valence-corrected chi connectivity index (χ4v) is 1.50. The van der Waals surface area contributed by atoms with Crippen LogP contribution in [0.25, 0.3) is 0 Å². The normalized spacial score (nSPS) is 13.1. The van der Waals surface area contributed by atoms with Gasteiger partial charge >= 0.3 is 0 Å². The summed E-state index contributed by atoms with van der Waals surface area (Å²) in [5.41, 5.74) is 0.672. The van der Waals surface area contributed by atoms with Crippen molar-refractivity contribution in [1.82, 2.24) is 5.32 Å². The van der Waals surface area contributed by atoms with Crippen LogP contribution in [0.4, 0.5) is 4.39 Å². The number of benzene rings is 1. The molecule has 0 amide bonds. The van der Waals surface area contributed by atoms with Crippen LogP contribution < -0.4 is 5.32 Å². The summed E-state index contributed by atoms with van der Waals surface area (Å²) in [4.78, 5) is 0. The molecule has 0 aliphatic rings. The molecule has 16 heavy (non-hydrogen) atoms. The lowest BCUT2D eigenvalue weighted by molar-refractivity contribution is 0.159.